The highest BCUT2D eigenvalue weighted by Gasteiger charge is 2.47. The molecule has 0 bridgehead atoms. The number of carbonyl (C=O) groups is 1. The Kier molecular flexibility index (Phi) is 9.31. The Hall–Kier alpha value is -3.79. The van der Waals surface area contributed by atoms with Gasteiger partial charge < -0.3 is 19.2 Å². The zero-order valence-corrected chi connectivity index (χ0v) is 30.5. The number of aromatic nitrogens is 4. The molecule has 2 aromatic heterocycles. The van der Waals surface area contributed by atoms with Crippen molar-refractivity contribution in [3.63, 3.8) is 0 Å². The van der Waals surface area contributed by atoms with Crippen LogP contribution in [0.5, 0.6) is 0 Å². The van der Waals surface area contributed by atoms with Crippen LogP contribution >= 0.6 is 0 Å². The second-order valence-electron chi connectivity index (χ2n) is 15.7. The van der Waals surface area contributed by atoms with Crippen LogP contribution in [0.15, 0.2) is 30.5 Å². The summed E-state index contributed by atoms with van der Waals surface area (Å²) in [6, 6.07) is 9.99. The topological polar surface area (TPSA) is 127 Å². The molecule has 2 aliphatic rings. The Morgan fingerprint density at radius 3 is 2.60 bits per heavy atom. The molecule has 2 atom stereocenters. The van der Waals surface area contributed by atoms with Crippen LogP contribution < -0.4 is 10.2 Å². The summed E-state index contributed by atoms with van der Waals surface area (Å²) in [5, 5.41) is 18.5. The Bertz CT molecular complexity index is 1680. The summed E-state index contributed by atoms with van der Waals surface area (Å²) in [6.07, 6.45) is 2.23. The monoisotopic (exact) mass is 659 g/mol. The molecule has 0 radical (unpaired) electrons. The third kappa shape index (κ3) is 7.53. The first kappa shape index (κ1) is 34.5. The first-order valence-corrected chi connectivity index (χ1v) is 19.3. The molecule has 1 N–H and O–H groups in total. The Morgan fingerprint density at radius 2 is 1.96 bits per heavy atom. The highest BCUT2D eigenvalue weighted by molar-refractivity contribution is 6.74. The average molecular weight is 660 g/mol. The minimum absolute atomic E-state index is 0.0124. The number of hydrogen-bond acceptors (Lipinski definition) is 9. The first-order valence-electron chi connectivity index (χ1n) is 16.3. The molecule has 5 rings (SSSR count). The molecule has 47 heavy (non-hydrogen) atoms. The molecule has 0 saturated carbocycles. The van der Waals surface area contributed by atoms with Crippen molar-refractivity contribution in [2.45, 2.75) is 97.5 Å². The third-order valence-electron chi connectivity index (χ3n) is 9.38. The van der Waals surface area contributed by atoms with Crippen LogP contribution in [0.3, 0.4) is 0 Å². The highest BCUT2D eigenvalue weighted by atomic mass is 28.4. The molecule has 252 valence electrons. The lowest BCUT2D eigenvalue weighted by Gasteiger charge is -2.39. The maximum Gasteiger partial charge on any atom is 0.414 e. The van der Waals surface area contributed by atoms with Crippen LogP contribution in [-0.4, -0.2) is 66.1 Å². The third-order valence-corrected chi connectivity index (χ3v) is 13.9. The van der Waals surface area contributed by atoms with Gasteiger partial charge in [-0.3, -0.25) is 4.90 Å². The van der Waals surface area contributed by atoms with E-state index in [9.17, 15) is 10.1 Å². The number of ether oxygens (including phenoxy) is 2. The average Bonchev–Trinajstić information content (AvgIpc) is 3.69. The van der Waals surface area contributed by atoms with E-state index in [1.54, 1.807) is 17.2 Å². The minimum Gasteiger partial charge on any atom is -0.443 e. The van der Waals surface area contributed by atoms with Gasteiger partial charge in [0, 0.05) is 55.5 Å². The first-order chi connectivity index (χ1) is 21.9. The number of fused-ring (bicyclic) bond motifs is 1. The summed E-state index contributed by atoms with van der Waals surface area (Å²) >= 11 is 0. The molecule has 0 spiro atoms. The van der Waals surface area contributed by atoms with Crippen molar-refractivity contribution in [3.8, 4) is 17.3 Å². The number of nitriles is 1. The van der Waals surface area contributed by atoms with Crippen molar-refractivity contribution < 1.29 is 18.7 Å². The van der Waals surface area contributed by atoms with Gasteiger partial charge in [-0.2, -0.15) is 10.4 Å². The maximum absolute atomic E-state index is 13.6. The van der Waals surface area contributed by atoms with Crippen molar-refractivity contribution >= 4 is 31.9 Å². The molecule has 1 fully saturated rings. The fraction of sp³-hybridized carbons (Fsp3) is 0.571. The molecule has 2 aliphatic heterocycles. The van der Waals surface area contributed by atoms with E-state index in [1.165, 1.54) is 0 Å². The van der Waals surface area contributed by atoms with Crippen LogP contribution in [0.25, 0.3) is 11.3 Å². The molecule has 11 nitrogen and oxygen atoms in total. The van der Waals surface area contributed by atoms with Gasteiger partial charge in [0.05, 0.1) is 29.2 Å². The Balaban J connectivity index is 1.52. The molecule has 3 aromatic rings. The van der Waals surface area contributed by atoms with Crippen LogP contribution in [0.4, 0.5) is 22.2 Å². The smallest absolute Gasteiger partial charge is 0.414 e. The molecule has 1 unspecified atom stereocenters. The van der Waals surface area contributed by atoms with Crippen LogP contribution in [0, 0.1) is 24.2 Å². The number of carbonyl (C=O) groups excluding carboxylic acids is 1. The number of nitrogens with one attached hydrogen (secondary N) is 1. The van der Waals surface area contributed by atoms with Crippen molar-refractivity contribution in [1.82, 2.24) is 19.7 Å². The van der Waals surface area contributed by atoms with Crippen molar-refractivity contribution in [1.29, 1.82) is 5.26 Å². The van der Waals surface area contributed by atoms with E-state index >= 15 is 0 Å². The summed E-state index contributed by atoms with van der Waals surface area (Å²) in [4.78, 5) is 24.5. The van der Waals surface area contributed by atoms with Gasteiger partial charge in [0.2, 0.25) is 5.95 Å². The molecule has 0 aliphatic carbocycles. The summed E-state index contributed by atoms with van der Waals surface area (Å²) in [7, 11) is -2.13. The van der Waals surface area contributed by atoms with Crippen LogP contribution in [-0.2, 0) is 25.9 Å². The van der Waals surface area contributed by atoms with E-state index in [2.05, 4.69) is 62.3 Å². The quantitative estimate of drug-likeness (QED) is 0.247. The van der Waals surface area contributed by atoms with Crippen molar-refractivity contribution in [2.24, 2.45) is 5.92 Å². The van der Waals surface area contributed by atoms with E-state index < -0.39 is 25.4 Å². The van der Waals surface area contributed by atoms with Crippen LogP contribution in [0.2, 0.25) is 18.1 Å². The summed E-state index contributed by atoms with van der Waals surface area (Å²) < 4.78 is 20.1. The van der Waals surface area contributed by atoms with E-state index in [0.717, 1.165) is 48.8 Å². The lowest BCUT2D eigenvalue weighted by molar-refractivity contribution is 0.0575. The van der Waals surface area contributed by atoms with Gasteiger partial charge in [0.15, 0.2) is 8.32 Å². The van der Waals surface area contributed by atoms with Crippen molar-refractivity contribution in [3.05, 3.63) is 47.3 Å². The molecular formula is C35H49N7O4Si. The van der Waals surface area contributed by atoms with Gasteiger partial charge in [0.25, 0.3) is 0 Å². The zero-order chi connectivity index (χ0) is 34.4. The summed E-state index contributed by atoms with van der Waals surface area (Å²) in [5.41, 5.74) is 2.81. The van der Waals surface area contributed by atoms with E-state index in [4.69, 9.17) is 18.9 Å². The van der Waals surface area contributed by atoms with Gasteiger partial charge in [0.1, 0.15) is 17.5 Å². The fourth-order valence-corrected chi connectivity index (χ4v) is 6.85. The predicted octanol–water partition coefficient (Wildman–Crippen LogP) is 7.33. The predicted molar refractivity (Wildman–Crippen MR) is 185 cm³/mol. The number of rotatable bonds is 8. The highest BCUT2D eigenvalue weighted by Crippen LogP contribution is 2.47. The summed E-state index contributed by atoms with van der Waals surface area (Å²) in [5.74, 6) is 1.64. The van der Waals surface area contributed by atoms with Gasteiger partial charge in [-0.25, -0.2) is 19.4 Å². The number of amides is 1. The summed E-state index contributed by atoms with van der Waals surface area (Å²) in [6.45, 7) is 23.6. The largest absolute Gasteiger partial charge is 0.443 e. The van der Waals surface area contributed by atoms with E-state index in [-0.39, 0.29) is 5.04 Å². The Labute approximate surface area is 279 Å². The molecular weight excluding hydrogens is 611 g/mol. The second-order valence-corrected chi connectivity index (χ2v) is 20.5. The zero-order valence-electron chi connectivity index (χ0n) is 29.5. The SMILES string of the molecule is Cc1cc(Nc2nccc(-c3cc(C#N)c4c(c3)[C@@](C)(CO[Si](C)(C)C(C)(C)C)CN4C(=O)OC(C)(C)C)n2)n(CC2CCOC2)n1. The lowest BCUT2D eigenvalue weighted by atomic mass is 9.83. The molecule has 12 heteroatoms. The van der Waals surface area contributed by atoms with Crippen LogP contribution in [0.1, 0.15) is 71.7 Å². The second kappa shape index (κ2) is 12.7. The lowest BCUT2D eigenvalue weighted by Crippen LogP contribution is -2.46. The van der Waals surface area contributed by atoms with Gasteiger partial charge in [-0.1, -0.05) is 27.7 Å². The standard InChI is InChI=1S/C35H49N7O4Si/c1-23-15-29(42(40-23)19-24-12-14-44-20-24)39-31-37-13-11-28(38-31)25-16-26(18-36)30-27(17-25)35(8,22-45-47(9,10)34(5,6)7)21-41(30)32(43)46-33(2,3)4/h11,13,15-17,24H,12,14,19-22H2,1-10H3,(H,37,38,39)/t24?,35-/m1/s1. The number of nitrogens with zero attached hydrogens (tertiary/aromatic N) is 6. The number of hydrogen-bond donors (Lipinski definition) is 1. The molecule has 1 amide bonds. The number of aryl methyl sites for hydroxylation is 1. The molecule has 1 saturated heterocycles. The van der Waals surface area contributed by atoms with Gasteiger partial charge in [-0.15, -0.1) is 0 Å². The normalized spacial score (nSPS) is 19.9. The van der Waals surface area contributed by atoms with Crippen molar-refractivity contribution in [2.75, 3.05) is 36.6 Å². The molecule has 4 heterocycles. The van der Waals surface area contributed by atoms with Gasteiger partial charge in [-0.05, 0) is 76.0 Å². The number of anilines is 3. The molecule has 1 aromatic carbocycles. The Morgan fingerprint density at radius 1 is 1.21 bits per heavy atom. The van der Waals surface area contributed by atoms with E-state index in [0.29, 0.717) is 42.0 Å². The fourth-order valence-electron chi connectivity index (χ4n) is 5.74. The van der Waals surface area contributed by atoms with Gasteiger partial charge >= 0.3 is 6.09 Å². The van der Waals surface area contributed by atoms with E-state index in [1.807, 2.05) is 50.6 Å². The minimum atomic E-state index is -2.13. The maximum atomic E-state index is 13.6. The number of benzene rings is 1.